The molecule has 0 atom stereocenters. The molecular formula is C11H10ClIN4O. The van der Waals surface area contributed by atoms with Crippen molar-refractivity contribution in [3.05, 3.63) is 38.4 Å². The molecule has 0 aliphatic rings. The normalized spacial score (nSPS) is 10.4. The molecule has 0 spiro atoms. The lowest BCUT2D eigenvalue weighted by Crippen LogP contribution is -2.14. The SMILES string of the molecule is CCc1nc(C(=O)Nc2ccc(Cl)cc2I)n[nH]1. The molecular weight excluding hydrogens is 367 g/mol. The fraction of sp³-hybridized carbons (Fsp3) is 0.182. The predicted molar refractivity (Wildman–Crippen MR) is 77.9 cm³/mol. The number of aromatic amines is 1. The molecule has 0 unspecified atom stereocenters. The van der Waals surface area contributed by atoms with E-state index in [4.69, 9.17) is 11.6 Å². The highest BCUT2D eigenvalue weighted by atomic mass is 127. The van der Waals surface area contributed by atoms with E-state index in [2.05, 4.69) is 43.1 Å². The Morgan fingerprint density at radius 3 is 2.94 bits per heavy atom. The largest absolute Gasteiger partial charge is 0.318 e. The molecule has 1 aromatic carbocycles. The lowest BCUT2D eigenvalue weighted by molar-refractivity contribution is 0.101. The zero-order chi connectivity index (χ0) is 13.1. The van der Waals surface area contributed by atoms with Gasteiger partial charge >= 0.3 is 0 Å². The average molecular weight is 377 g/mol. The minimum absolute atomic E-state index is 0.137. The Kier molecular flexibility index (Phi) is 4.18. The Labute approximate surface area is 122 Å². The molecule has 2 N–H and O–H groups in total. The topological polar surface area (TPSA) is 70.7 Å². The Morgan fingerprint density at radius 1 is 1.56 bits per heavy atom. The van der Waals surface area contributed by atoms with Crippen LogP contribution in [-0.2, 0) is 6.42 Å². The van der Waals surface area contributed by atoms with Crippen LogP contribution in [-0.4, -0.2) is 21.1 Å². The van der Waals surface area contributed by atoms with E-state index in [1.165, 1.54) is 0 Å². The summed E-state index contributed by atoms with van der Waals surface area (Å²) in [5.41, 5.74) is 0.688. The number of hydrogen-bond donors (Lipinski definition) is 2. The summed E-state index contributed by atoms with van der Waals surface area (Å²) in [6.07, 6.45) is 0.707. The molecule has 0 radical (unpaired) electrons. The Balaban J connectivity index is 2.16. The first-order chi connectivity index (χ1) is 8.60. The van der Waals surface area contributed by atoms with Gasteiger partial charge in [0.25, 0.3) is 5.91 Å². The van der Waals surface area contributed by atoms with Crippen LogP contribution in [0.2, 0.25) is 5.02 Å². The van der Waals surface area contributed by atoms with Gasteiger partial charge in [0.1, 0.15) is 5.82 Å². The summed E-state index contributed by atoms with van der Waals surface area (Å²) in [4.78, 5) is 16.0. The van der Waals surface area contributed by atoms with E-state index in [0.29, 0.717) is 23.0 Å². The van der Waals surface area contributed by atoms with E-state index in [1.54, 1.807) is 18.2 Å². The van der Waals surface area contributed by atoms with Crippen LogP contribution in [0, 0.1) is 3.57 Å². The van der Waals surface area contributed by atoms with Crippen LogP contribution < -0.4 is 5.32 Å². The lowest BCUT2D eigenvalue weighted by Gasteiger charge is -2.05. The van der Waals surface area contributed by atoms with Crippen LogP contribution in [0.3, 0.4) is 0 Å². The molecule has 5 nitrogen and oxygen atoms in total. The van der Waals surface area contributed by atoms with Crippen LogP contribution in [0.1, 0.15) is 23.4 Å². The summed E-state index contributed by atoms with van der Waals surface area (Å²) >= 11 is 7.95. The van der Waals surface area contributed by atoms with Crippen LogP contribution in [0.5, 0.6) is 0 Å². The predicted octanol–water partition coefficient (Wildman–Crippen LogP) is 2.88. The van der Waals surface area contributed by atoms with Crippen molar-refractivity contribution in [3.63, 3.8) is 0 Å². The number of nitrogens with zero attached hydrogens (tertiary/aromatic N) is 2. The van der Waals surface area contributed by atoms with Gasteiger partial charge in [0.2, 0.25) is 5.82 Å². The highest BCUT2D eigenvalue weighted by Gasteiger charge is 2.13. The van der Waals surface area contributed by atoms with Gasteiger partial charge in [0, 0.05) is 15.0 Å². The number of aryl methyl sites for hydroxylation is 1. The van der Waals surface area contributed by atoms with E-state index in [0.717, 1.165) is 3.57 Å². The van der Waals surface area contributed by atoms with Crippen molar-refractivity contribution in [2.45, 2.75) is 13.3 Å². The summed E-state index contributed by atoms with van der Waals surface area (Å²) in [7, 11) is 0. The zero-order valence-corrected chi connectivity index (χ0v) is 12.4. The number of H-pyrrole nitrogens is 1. The van der Waals surface area contributed by atoms with E-state index in [1.807, 2.05) is 6.92 Å². The molecule has 2 rings (SSSR count). The van der Waals surface area contributed by atoms with Crippen molar-refractivity contribution in [1.29, 1.82) is 0 Å². The second kappa shape index (κ2) is 5.66. The molecule has 0 aliphatic carbocycles. The molecule has 7 heteroatoms. The first-order valence-corrected chi connectivity index (χ1v) is 6.73. The highest BCUT2D eigenvalue weighted by Crippen LogP contribution is 2.22. The lowest BCUT2D eigenvalue weighted by atomic mass is 10.3. The monoisotopic (exact) mass is 376 g/mol. The van der Waals surface area contributed by atoms with Crippen molar-refractivity contribution >= 4 is 45.8 Å². The maximum absolute atomic E-state index is 11.9. The minimum Gasteiger partial charge on any atom is -0.318 e. The summed E-state index contributed by atoms with van der Waals surface area (Å²) in [6, 6.07) is 5.23. The quantitative estimate of drug-likeness (QED) is 0.809. The van der Waals surface area contributed by atoms with Crippen LogP contribution >= 0.6 is 34.2 Å². The minimum atomic E-state index is -0.341. The van der Waals surface area contributed by atoms with Crippen LogP contribution in [0.4, 0.5) is 5.69 Å². The summed E-state index contributed by atoms with van der Waals surface area (Å²) in [5, 5.41) is 9.92. The molecule has 1 amide bonds. The molecule has 1 heterocycles. The Hall–Kier alpha value is -1.15. The molecule has 94 valence electrons. The average Bonchev–Trinajstić information content (AvgIpc) is 2.81. The summed E-state index contributed by atoms with van der Waals surface area (Å²) in [5.74, 6) is 0.481. The maximum Gasteiger partial charge on any atom is 0.295 e. The second-order valence-corrected chi connectivity index (χ2v) is 5.14. The van der Waals surface area contributed by atoms with Gasteiger partial charge in [-0.25, -0.2) is 4.98 Å². The fourth-order valence-electron chi connectivity index (χ4n) is 1.32. The Bertz CT molecular complexity index is 584. The van der Waals surface area contributed by atoms with Gasteiger partial charge in [0.15, 0.2) is 0 Å². The van der Waals surface area contributed by atoms with E-state index in [-0.39, 0.29) is 11.7 Å². The van der Waals surface area contributed by atoms with Crippen molar-refractivity contribution in [2.24, 2.45) is 0 Å². The van der Waals surface area contributed by atoms with Gasteiger partial charge in [-0.15, -0.1) is 5.10 Å². The number of carbonyl (C=O) groups is 1. The van der Waals surface area contributed by atoms with Crippen LogP contribution in [0.25, 0.3) is 0 Å². The van der Waals surface area contributed by atoms with Gasteiger partial charge in [-0.2, -0.15) is 0 Å². The molecule has 0 bridgehead atoms. The smallest absolute Gasteiger partial charge is 0.295 e. The van der Waals surface area contributed by atoms with Gasteiger partial charge in [-0.05, 0) is 40.8 Å². The number of aromatic nitrogens is 3. The van der Waals surface area contributed by atoms with Gasteiger partial charge in [-0.1, -0.05) is 18.5 Å². The molecule has 2 aromatic rings. The third kappa shape index (κ3) is 2.99. The third-order valence-corrected chi connectivity index (χ3v) is 3.38. The number of hydrogen-bond acceptors (Lipinski definition) is 3. The number of benzene rings is 1. The highest BCUT2D eigenvalue weighted by molar-refractivity contribution is 14.1. The maximum atomic E-state index is 11.9. The number of amides is 1. The molecule has 0 saturated carbocycles. The number of nitrogens with one attached hydrogen (secondary N) is 2. The Morgan fingerprint density at radius 2 is 2.33 bits per heavy atom. The summed E-state index contributed by atoms with van der Waals surface area (Å²) in [6.45, 7) is 1.93. The molecule has 0 saturated heterocycles. The zero-order valence-electron chi connectivity index (χ0n) is 9.50. The standard InChI is InChI=1S/C11H10ClIN4O/c1-2-9-15-10(17-16-9)11(18)14-8-4-3-6(12)5-7(8)13/h3-5H,2H2,1H3,(H,14,18)(H,15,16,17). The molecule has 18 heavy (non-hydrogen) atoms. The van der Waals surface area contributed by atoms with Crippen molar-refractivity contribution in [2.75, 3.05) is 5.32 Å². The van der Waals surface area contributed by atoms with Crippen LogP contribution in [0.15, 0.2) is 18.2 Å². The number of rotatable bonds is 3. The van der Waals surface area contributed by atoms with Gasteiger partial charge < -0.3 is 5.32 Å². The van der Waals surface area contributed by atoms with E-state index < -0.39 is 0 Å². The number of anilines is 1. The molecule has 1 aromatic heterocycles. The van der Waals surface area contributed by atoms with Crippen molar-refractivity contribution in [3.8, 4) is 0 Å². The van der Waals surface area contributed by atoms with Gasteiger partial charge in [-0.3, -0.25) is 9.89 Å². The van der Waals surface area contributed by atoms with Gasteiger partial charge in [0.05, 0.1) is 5.69 Å². The summed E-state index contributed by atoms with van der Waals surface area (Å²) < 4.78 is 0.861. The van der Waals surface area contributed by atoms with E-state index in [9.17, 15) is 4.79 Å². The number of carbonyl (C=O) groups excluding carboxylic acids is 1. The molecule has 0 fully saturated rings. The molecule has 0 aliphatic heterocycles. The fourth-order valence-corrected chi connectivity index (χ4v) is 2.33. The number of halogens is 2. The van der Waals surface area contributed by atoms with Crippen molar-refractivity contribution in [1.82, 2.24) is 15.2 Å². The van der Waals surface area contributed by atoms with Crippen molar-refractivity contribution < 1.29 is 4.79 Å². The first-order valence-electron chi connectivity index (χ1n) is 5.28. The second-order valence-electron chi connectivity index (χ2n) is 3.54. The van der Waals surface area contributed by atoms with E-state index >= 15 is 0 Å². The first kappa shape index (κ1) is 13.3. The third-order valence-electron chi connectivity index (χ3n) is 2.25.